The third-order valence-electron chi connectivity index (χ3n) is 2.51. The van der Waals surface area contributed by atoms with Crippen molar-refractivity contribution in [1.82, 2.24) is 0 Å². The van der Waals surface area contributed by atoms with Crippen LogP contribution in [0.2, 0.25) is 0 Å². The van der Waals surface area contributed by atoms with Crippen LogP contribution < -0.4 is 21.5 Å². The van der Waals surface area contributed by atoms with Crippen molar-refractivity contribution in [3.05, 3.63) is 54.1 Å². The van der Waals surface area contributed by atoms with E-state index in [1.165, 1.54) is 0 Å². The first-order valence-corrected chi connectivity index (χ1v) is 6.20. The molecule has 1 amide bonds. The maximum atomic E-state index is 11.0. The standard InChI is InChI=1S/C14H13N3O2S/c15-13(18)9-5-7-10(8-6-9)19-12-4-2-1-3-11(12)17-14(16)20/h1-8H,(H2,15,18)(H3,16,17,20). The Bertz CT molecular complexity index is 641. The molecule has 20 heavy (non-hydrogen) atoms. The molecule has 0 radical (unpaired) electrons. The van der Waals surface area contributed by atoms with Gasteiger partial charge in [0.15, 0.2) is 10.9 Å². The first kappa shape index (κ1) is 13.8. The second-order valence-corrected chi connectivity index (χ2v) is 4.42. The summed E-state index contributed by atoms with van der Waals surface area (Å²) in [7, 11) is 0. The van der Waals surface area contributed by atoms with Gasteiger partial charge in [-0.15, -0.1) is 0 Å². The van der Waals surface area contributed by atoms with E-state index in [0.717, 1.165) is 0 Å². The number of para-hydroxylation sites is 2. The van der Waals surface area contributed by atoms with Crippen molar-refractivity contribution in [3.63, 3.8) is 0 Å². The molecule has 0 spiro atoms. The number of anilines is 1. The van der Waals surface area contributed by atoms with Gasteiger partial charge in [0.2, 0.25) is 5.91 Å². The first-order valence-electron chi connectivity index (χ1n) is 5.79. The predicted octanol–water partition coefficient (Wildman–Crippen LogP) is 2.23. The molecule has 2 rings (SSSR count). The molecule has 102 valence electrons. The van der Waals surface area contributed by atoms with Crippen molar-refractivity contribution in [3.8, 4) is 11.5 Å². The van der Waals surface area contributed by atoms with Gasteiger partial charge >= 0.3 is 0 Å². The van der Waals surface area contributed by atoms with Gasteiger partial charge < -0.3 is 21.5 Å². The summed E-state index contributed by atoms with van der Waals surface area (Å²) in [6.45, 7) is 0. The van der Waals surface area contributed by atoms with Crippen LogP contribution in [0.5, 0.6) is 11.5 Å². The summed E-state index contributed by atoms with van der Waals surface area (Å²) >= 11 is 4.81. The molecular formula is C14H13N3O2S. The van der Waals surface area contributed by atoms with Crippen molar-refractivity contribution in [1.29, 1.82) is 0 Å². The number of nitrogens with one attached hydrogen (secondary N) is 1. The predicted molar refractivity (Wildman–Crippen MR) is 81.9 cm³/mol. The molecule has 6 heteroatoms. The number of thiocarbonyl (C=S) groups is 1. The maximum absolute atomic E-state index is 11.0. The molecule has 0 heterocycles. The first-order chi connectivity index (χ1) is 9.56. The quantitative estimate of drug-likeness (QED) is 0.750. The van der Waals surface area contributed by atoms with E-state index >= 15 is 0 Å². The number of ether oxygens (including phenoxy) is 1. The molecule has 5 N–H and O–H groups in total. The lowest BCUT2D eigenvalue weighted by atomic mass is 10.2. The van der Waals surface area contributed by atoms with Crippen LogP contribution in [0.3, 0.4) is 0 Å². The number of carbonyl (C=O) groups excluding carboxylic acids is 1. The van der Waals surface area contributed by atoms with Gasteiger partial charge in [-0.1, -0.05) is 12.1 Å². The molecule has 2 aromatic carbocycles. The Morgan fingerprint density at radius 1 is 1.05 bits per heavy atom. The summed E-state index contributed by atoms with van der Waals surface area (Å²) in [5.74, 6) is 0.673. The van der Waals surface area contributed by atoms with Crippen LogP contribution in [0, 0.1) is 0 Å². The lowest BCUT2D eigenvalue weighted by Crippen LogP contribution is -2.19. The number of benzene rings is 2. The third-order valence-corrected chi connectivity index (χ3v) is 2.61. The molecule has 5 nitrogen and oxygen atoms in total. The number of nitrogens with two attached hydrogens (primary N) is 2. The average Bonchev–Trinajstić information content (AvgIpc) is 2.41. The van der Waals surface area contributed by atoms with E-state index in [2.05, 4.69) is 5.32 Å². The Kier molecular flexibility index (Phi) is 4.17. The molecule has 0 bridgehead atoms. The highest BCUT2D eigenvalue weighted by Crippen LogP contribution is 2.29. The zero-order chi connectivity index (χ0) is 14.5. The molecule has 0 saturated heterocycles. The van der Waals surface area contributed by atoms with Gasteiger partial charge in [0.05, 0.1) is 5.69 Å². The minimum Gasteiger partial charge on any atom is -0.455 e. The van der Waals surface area contributed by atoms with Crippen molar-refractivity contribution in [2.24, 2.45) is 11.5 Å². The average molecular weight is 287 g/mol. The van der Waals surface area contributed by atoms with Crippen LogP contribution in [-0.4, -0.2) is 11.0 Å². The molecule has 0 saturated carbocycles. The van der Waals surface area contributed by atoms with Crippen molar-refractivity contribution in [2.75, 3.05) is 5.32 Å². The van der Waals surface area contributed by atoms with E-state index in [9.17, 15) is 4.79 Å². The number of rotatable bonds is 4. The zero-order valence-corrected chi connectivity index (χ0v) is 11.3. The highest BCUT2D eigenvalue weighted by Gasteiger charge is 2.06. The Balaban J connectivity index is 2.21. The second kappa shape index (κ2) is 6.03. The highest BCUT2D eigenvalue weighted by molar-refractivity contribution is 7.80. The van der Waals surface area contributed by atoms with E-state index in [1.54, 1.807) is 36.4 Å². The minimum atomic E-state index is -0.480. The molecule has 0 aromatic heterocycles. The monoisotopic (exact) mass is 287 g/mol. The van der Waals surface area contributed by atoms with E-state index in [4.69, 9.17) is 28.4 Å². The Labute approximate surface area is 121 Å². The van der Waals surface area contributed by atoms with Gasteiger partial charge in [0, 0.05) is 5.56 Å². The van der Waals surface area contributed by atoms with Gasteiger partial charge in [-0.3, -0.25) is 4.79 Å². The molecule has 0 aliphatic carbocycles. The van der Waals surface area contributed by atoms with E-state index in [-0.39, 0.29) is 5.11 Å². The number of primary amides is 1. The van der Waals surface area contributed by atoms with Gasteiger partial charge in [-0.2, -0.15) is 0 Å². The molecule has 0 unspecified atom stereocenters. The summed E-state index contributed by atoms with van der Waals surface area (Å²) in [5.41, 5.74) is 11.7. The number of hydrogen-bond donors (Lipinski definition) is 3. The van der Waals surface area contributed by atoms with Crippen LogP contribution in [-0.2, 0) is 0 Å². The lowest BCUT2D eigenvalue weighted by Gasteiger charge is -2.12. The van der Waals surface area contributed by atoms with Crippen LogP contribution in [0.1, 0.15) is 10.4 Å². The molecule has 0 fully saturated rings. The number of hydrogen-bond acceptors (Lipinski definition) is 3. The van der Waals surface area contributed by atoms with Crippen molar-refractivity contribution in [2.45, 2.75) is 0 Å². The van der Waals surface area contributed by atoms with Crippen LogP contribution in [0.25, 0.3) is 0 Å². The van der Waals surface area contributed by atoms with Crippen LogP contribution in [0.15, 0.2) is 48.5 Å². The molecule has 0 aliphatic rings. The Hall–Kier alpha value is -2.60. The van der Waals surface area contributed by atoms with E-state index in [1.807, 2.05) is 12.1 Å². The maximum Gasteiger partial charge on any atom is 0.248 e. The van der Waals surface area contributed by atoms with Crippen molar-refractivity contribution >= 4 is 28.9 Å². The summed E-state index contributed by atoms with van der Waals surface area (Å²) in [6.07, 6.45) is 0. The summed E-state index contributed by atoms with van der Waals surface area (Å²) in [6, 6.07) is 13.8. The normalized spacial score (nSPS) is 9.80. The fourth-order valence-corrected chi connectivity index (χ4v) is 1.72. The zero-order valence-electron chi connectivity index (χ0n) is 10.5. The largest absolute Gasteiger partial charge is 0.455 e. The third kappa shape index (κ3) is 3.46. The van der Waals surface area contributed by atoms with Gasteiger partial charge in [-0.05, 0) is 48.6 Å². The van der Waals surface area contributed by atoms with Gasteiger partial charge in [-0.25, -0.2) is 0 Å². The SMILES string of the molecule is NC(=O)c1ccc(Oc2ccccc2NC(N)=S)cc1. The fourth-order valence-electron chi connectivity index (χ4n) is 1.61. The van der Waals surface area contributed by atoms with E-state index in [0.29, 0.717) is 22.7 Å². The Morgan fingerprint density at radius 2 is 1.70 bits per heavy atom. The summed E-state index contributed by atoms with van der Waals surface area (Å²) in [5, 5.41) is 2.99. The smallest absolute Gasteiger partial charge is 0.248 e. The second-order valence-electron chi connectivity index (χ2n) is 3.98. The van der Waals surface area contributed by atoms with Crippen LogP contribution >= 0.6 is 12.2 Å². The number of amides is 1. The molecule has 0 atom stereocenters. The fraction of sp³-hybridized carbons (Fsp3) is 0. The summed E-state index contributed by atoms with van der Waals surface area (Å²) in [4.78, 5) is 11.0. The topological polar surface area (TPSA) is 90.4 Å². The van der Waals surface area contributed by atoms with E-state index < -0.39 is 5.91 Å². The van der Waals surface area contributed by atoms with Gasteiger partial charge in [0.25, 0.3) is 0 Å². The molecule has 0 aliphatic heterocycles. The Morgan fingerprint density at radius 3 is 2.30 bits per heavy atom. The van der Waals surface area contributed by atoms with Gasteiger partial charge in [0.1, 0.15) is 5.75 Å². The van der Waals surface area contributed by atoms with Crippen molar-refractivity contribution < 1.29 is 9.53 Å². The van der Waals surface area contributed by atoms with Crippen LogP contribution in [0.4, 0.5) is 5.69 Å². The number of carbonyl (C=O) groups is 1. The highest BCUT2D eigenvalue weighted by atomic mass is 32.1. The summed E-state index contributed by atoms with van der Waals surface area (Å²) < 4.78 is 5.72. The minimum absolute atomic E-state index is 0.158. The molecule has 2 aromatic rings. The molecular weight excluding hydrogens is 274 g/mol. The lowest BCUT2D eigenvalue weighted by molar-refractivity contribution is 0.100.